The largest absolute Gasteiger partial charge is 0.459 e. The maximum Gasteiger partial charge on any atom is 0.185 e. The second-order valence-corrected chi connectivity index (χ2v) is 3.89. The van der Waals surface area contributed by atoms with Crippen LogP contribution in [0.5, 0.6) is 0 Å². The van der Waals surface area contributed by atoms with Crippen molar-refractivity contribution in [3.05, 3.63) is 59.5 Å². The van der Waals surface area contributed by atoms with Crippen molar-refractivity contribution >= 4 is 24.2 Å². The highest BCUT2D eigenvalue weighted by molar-refractivity contribution is 6.04. The normalized spacial score (nSPS) is 11.4. The Bertz CT molecular complexity index is 657. The van der Waals surface area contributed by atoms with E-state index in [1.165, 1.54) is 30.4 Å². The number of aliphatic hydroxyl groups excluding tert-OH is 1. The molecule has 0 amide bonds. The van der Waals surface area contributed by atoms with Crippen molar-refractivity contribution in [3.8, 4) is 0 Å². The number of aldehydes is 1. The smallest absolute Gasteiger partial charge is 0.185 e. The van der Waals surface area contributed by atoms with Gasteiger partial charge in [-0.2, -0.15) is 0 Å². The molecule has 0 spiro atoms. The van der Waals surface area contributed by atoms with Crippen molar-refractivity contribution in [1.29, 1.82) is 0 Å². The van der Waals surface area contributed by atoms with Gasteiger partial charge < -0.3 is 13.9 Å². The van der Waals surface area contributed by atoms with Gasteiger partial charge in [0, 0.05) is 0 Å². The Hall–Kier alpha value is -2.66. The number of ketones is 1. The molecule has 2 rings (SSSR count). The van der Waals surface area contributed by atoms with Crippen LogP contribution in [0.2, 0.25) is 0 Å². The summed E-state index contributed by atoms with van der Waals surface area (Å²) in [5.41, 5.74) is 0. The van der Waals surface area contributed by atoms with E-state index in [2.05, 4.69) is 0 Å². The maximum absolute atomic E-state index is 11.6. The van der Waals surface area contributed by atoms with E-state index in [0.29, 0.717) is 23.6 Å². The minimum Gasteiger partial charge on any atom is -0.459 e. The number of aliphatic hydroxyl groups is 1. The van der Waals surface area contributed by atoms with Crippen molar-refractivity contribution in [2.24, 2.45) is 0 Å². The van der Waals surface area contributed by atoms with Crippen LogP contribution in [0.1, 0.15) is 27.8 Å². The van der Waals surface area contributed by atoms with Crippen molar-refractivity contribution < 1.29 is 23.5 Å². The zero-order chi connectivity index (χ0) is 14.4. The van der Waals surface area contributed by atoms with Crippen LogP contribution in [0.4, 0.5) is 0 Å². The average Bonchev–Trinajstić information content (AvgIpc) is 3.11. The minimum atomic E-state index is -0.254. The second kappa shape index (κ2) is 6.49. The Kier molecular flexibility index (Phi) is 4.47. The summed E-state index contributed by atoms with van der Waals surface area (Å²) in [5, 5.41) is 8.83. The molecule has 0 aliphatic carbocycles. The highest BCUT2D eigenvalue weighted by Gasteiger charge is 1.99. The number of carbonyl (C=O) groups is 2. The molecule has 2 aromatic rings. The quantitative estimate of drug-likeness (QED) is 0.645. The third-order valence-corrected chi connectivity index (χ3v) is 2.43. The predicted octanol–water partition coefficient (Wildman–Crippen LogP) is 2.47. The Morgan fingerprint density at radius 1 is 1.00 bits per heavy atom. The Morgan fingerprint density at radius 2 is 1.60 bits per heavy atom. The number of allylic oxidation sites excluding steroid dienone is 2. The van der Waals surface area contributed by atoms with Crippen LogP contribution >= 0.6 is 0 Å². The molecule has 2 aromatic heterocycles. The van der Waals surface area contributed by atoms with E-state index in [1.807, 2.05) is 0 Å². The van der Waals surface area contributed by atoms with Gasteiger partial charge in [0.1, 0.15) is 23.9 Å². The Balaban J connectivity index is 1.96. The number of furan rings is 2. The Labute approximate surface area is 114 Å². The summed E-state index contributed by atoms with van der Waals surface area (Å²) < 4.78 is 10.3. The zero-order valence-electron chi connectivity index (χ0n) is 10.5. The van der Waals surface area contributed by atoms with E-state index >= 15 is 0 Å². The lowest BCUT2D eigenvalue weighted by atomic mass is 10.3. The van der Waals surface area contributed by atoms with Gasteiger partial charge in [0.25, 0.3) is 0 Å². The van der Waals surface area contributed by atoms with Crippen LogP contribution < -0.4 is 0 Å². The molecule has 0 atom stereocenters. The first-order chi connectivity index (χ1) is 9.71. The summed E-state index contributed by atoms with van der Waals surface area (Å²) in [6.07, 6.45) is 6.22. The van der Waals surface area contributed by atoms with Crippen LogP contribution in [0, 0.1) is 0 Å². The molecule has 0 saturated heterocycles. The van der Waals surface area contributed by atoms with Crippen molar-refractivity contribution in [2.75, 3.05) is 0 Å². The zero-order valence-corrected chi connectivity index (χ0v) is 10.5. The highest BCUT2D eigenvalue weighted by atomic mass is 16.4. The summed E-state index contributed by atoms with van der Waals surface area (Å²) in [7, 11) is 0. The molecule has 0 unspecified atom stereocenters. The monoisotopic (exact) mass is 272 g/mol. The number of rotatable bonds is 6. The highest BCUT2D eigenvalue weighted by Crippen LogP contribution is 2.10. The summed E-state index contributed by atoms with van der Waals surface area (Å²) in [6, 6.07) is 6.40. The molecule has 0 aliphatic rings. The molecule has 0 aromatic carbocycles. The predicted molar refractivity (Wildman–Crippen MR) is 71.8 cm³/mol. The van der Waals surface area contributed by atoms with Crippen LogP contribution in [0.25, 0.3) is 12.2 Å². The third kappa shape index (κ3) is 3.66. The van der Waals surface area contributed by atoms with Gasteiger partial charge in [-0.15, -0.1) is 0 Å². The van der Waals surface area contributed by atoms with Crippen molar-refractivity contribution in [2.45, 2.75) is 6.61 Å². The van der Waals surface area contributed by atoms with Crippen LogP contribution in [-0.2, 0) is 11.4 Å². The molecular formula is C15H12O5. The van der Waals surface area contributed by atoms with Crippen molar-refractivity contribution in [3.63, 3.8) is 0 Å². The standard InChI is InChI=1S/C15H12O5/c16-9-14-7-5-12(19-14)3-1-11(18)2-4-13-6-8-15(10-17)20-13/h1-9,17H,10H2/b3-1+,4-2+. The van der Waals surface area contributed by atoms with Crippen LogP contribution in [0.15, 0.2) is 45.3 Å². The first kappa shape index (κ1) is 13.8. The molecule has 0 aliphatic heterocycles. The summed E-state index contributed by atoms with van der Waals surface area (Å²) in [4.78, 5) is 22.0. The topological polar surface area (TPSA) is 80.7 Å². The van der Waals surface area contributed by atoms with Gasteiger partial charge in [0.05, 0.1) is 0 Å². The number of hydrogen-bond acceptors (Lipinski definition) is 5. The first-order valence-electron chi connectivity index (χ1n) is 5.86. The summed E-state index contributed by atoms with van der Waals surface area (Å²) in [5.74, 6) is 1.30. The SMILES string of the molecule is O=Cc1ccc(/C=C/C(=O)/C=C/c2ccc(CO)o2)o1. The fourth-order valence-corrected chi connectivity index (χ4v) is 1.47. The first-order valence-corrected chi connectivity index (χ1v) is 5.86. The molecule has 0 radical (unpaired) electrons. The lowest BCUT2D eigenvalue weighted by molar-refractivity contribution is -0.110. The molecule has 0 fully saturated rings. The van der Waals surface area contributed by atoms with Gasteiger partial charge >= 0.3 is 0 Å². The van der Waals surface area contributed by atoms with E-state index in [4.69, 9.17) is 13.9 Å². The minimum absolute atomic E-state index is 0.181. The van der Waals surface area contributed by atoms with Gasteiger partial charge in [-0.05, 0) is 48.6 Å². The molecular weight excluding hydrogens is 260 g/mol. The molecule has 5 heteroatoms. The number of hydrogen-bond donors (Lipinski definition) is 1. The average molecular weight is 272 g/mol. The van der Waals surface area contributed by atoms with E-state index in [0.717, 1.165) is 0 Å². The van der Waals surface area contributed by atoms with E-state index in [-0.39, 0.29) is 18.2 Å². The molecule has 20 heavy (non-hydrogen) atoms. The summed E-state index contributed by atoms with van der Waals surface area (Å²) >= 11 is 0. The fourth-order valence-electron chi connectivity index (χ4n) is 1.47. The van der Waals surface area contributed by atoms with Gasteiger partial charge in [0.2, 0.25) is 0 Å². The molecule has 0 bridgehead atoms. The Morgan fingerprint density at radius 3 is 2.15 bits per heavy atom. The lowest BCUT2D eigenvalue weighted by Crippen LogP contribution is -1.83. The third-order valence-electron chi connectivity index (χ3n) is 2.43. The molecule has 0 saturated carbocycles. The molecule has 2 heterocycles. The lowest BCUT2D eigenvalue weighted by Gasteiger charge is -1.87. The van der Waals surface area contributed by atoms with Crippen molar-refractivity contribution in [1.82, 2.24) is 0 Å². The van der Waals surface area contributed by atoms with Gasteiger partial charge in [-0.3, -0.25) is 9.59 Å². The fraction of sp³-hybridized carbons (Fsp3) is 0.0667. The van der Waals surface area contributed by atoms with E-state index < -0.39 is 0 Å². The van der Waals surface area contributed by atoms with E-state index in [9.17, 15) is 9.59 Å². The van der Waals surface area contributed by atoms with Gasteiger partial charge in [0.15, 0.2) is 17.8 Å². The maximum atomic E-state index is 11.6. The summed E-state index contributed by atoms with van der Waals surface area (Å²) in [6.45, 7) is -0.181. The molecule has 1 N–H and O–H groups in total. The van der Waals surface area contributed by atoms with Gasteiger partial charge in [-0.1, -0.05) is 0 Å². The second-order valence-electron chi connectivity index (χ2n) is 3.89. The molecule has 5 nitrogen and oxygen atoms in total. The van der Waals surface area contributed by atoms with Crippen LogP contribution in [0.3, 0.4) is 0 Å². The van der Waals surface area contributed by atoms with Gasteiger partial charge in [-0.25, -0.2) is 0 Å². The van der Waals surface area contributed by atoms with Crippen LogP contribution in [-0.4, -0.2) is 17.2 Å². The molecule has 102 valence electrons. The number of carbonyl (C=O) groups excluding carboxylic acids is 2. The van der Waals surface area contributed by atoms with E-state index in [1.54, 1.807) is 18.2 Å².